The van der Waals surface area contributed by atoms with Crippen LogP contribution in [0.2, 0.25) is 0 Å². The number of alkyl halides is 3. The van der Waals surface area contributed by atoms with Gasteiger partial charge in [0.1, 0.15) is 17.3 Å². The van der Waals surface area contributed by atoms with E-state index in [-0.39, 0.29) is 11.3 Å². The normalized spacial score (nSPS) is 19.5. The number of hydrogen-bond acceptors (Lipinski definition) is 6. The Bertz CT molecular complexity index is 1060. The molecule has 32 heavy (non-hydrogen) atoms. The van der Waals surface area contributed by atoms with Gasteiger partial charge in [-0.25, -0.2) is 9.97 Å². The van der Waals surface area contributed by atoms with Crippen LogP contribution in [0.4, 0.5) is 24.7 Å². The van der Waals surface area contributed by atoms with Crippen molar-refractivity contribution in [3.63, 3.8) is 0 Å². The number of carbonyl (C=O) groups excluding carboxylic acids is 1. The van der Waals surface area contributed by atoms with Crippen molar-refractivity contribution < 1.29 is 18.0 Å². The first kappa shape index (κ1) is 21.0. The molecule has 5 rings (SSSR count). The molecule has 0 spiro atoms. The lowest BCUT2D eigenvalue weighted by Gasteiger charge is -2.49. The summed E-state index contributed by atoms with van der Waals surface area (Å²) in [4.78, 5) is 31.6. The molecule has 0 bridgehead atoms. The van der Waals surface area contributed by atoms with Gasteiger partial charge in [0.15, 0.2) is 0 Å². The standard InChI is InChI=1S/C22H25F3N6O/c1-14-27-17-11-30(10-16(17)20(28-14)29-6-3-7-29)19(32)9-21(2)12-31(13-21)15-4-5-26-18(8-15)22(23,24)25/h4-5,8H,3,6-7,9-13H2,1-2H3. The Morgan fingerprint density at radius 1 is 1.16 bits per heavy atom. The van der Waals surface area contributed by atoms with Crippen molar-refractivity contribution in [2.75, 3.05) is 36.0 Å². The number of anilines is 2. The summed E-state index contributed by atoms with van der Waals surface area (Å²) in [5.41, 5.74) is 1.26. The number of pyridine rings is 1. The highest BCUT2D eigenvalue weighted by Crippen LogP contribution is 2.40. The maximum atomic E-state index is 13.1. The second-order valence-corrected chi connectivity index (χ2v) is 9.35. The van der Waals surface area contributed by atoms with Crippen molar-refractivity contribution >= 4 is 17.4 Å². The topological polar surface area (TPSA) is 65.5 Å². The van der Waals surface area contributed by atoms with Gasteiger partial charge in [-0.1, -0.05) is 6.92 Å². The van der Waals surface area contributed by atoms with Gasteiger partial charge < -0.3 is 14.7 Å². The molecule has 0 unspecified atom stereocenters. The van der Waals surface area contributed by atoms with E-state index in [0.717, 1.165) is 48.5 Å². The van der Waals surface area contributed by atoms with Crippen LogP contribution in [0.1, 0.15) is 42.5 Å². The van der Waals surface area contributed by atoms with Crippen molar-refractivity contribution in [2.45, 2.75) is 46.0 Å². The minimum atomic E-state index is -4.47. The quantitative estimate of drug-likeness (QED) is 0.719. The predicted octanol–water partition coefficient (Wildman–Crippen LogP) is 3.17. The summed E-state index contributed by atoms with van der Waals surface area (Å²) in [6, 6.07) is 2.64. The zero-order valence-corrected chi connectivity index (χ0v) is 18.1. The number of aromatic nitrogens is 3. The van der Waals surface area contributed by atoms with Gasteiger partial charge in [0.05, 0.1) is 18.8 Å². The molecule has 1 amide bonds. The molecule has 170 valence electrons. The number of aryl methyl sites for hydroxylation is 1. The number of rotatable bonds is 4. The van der Waals surface area contributed by atoms with Crippen LogP contribution in [0, 0.1) is 12.3 Å². The second-order valence-electron chi connectivity index (χ2n) is 9.35. The third kappa shape index (κ3) is 3.75. The summed E-state index contributed by atoms with van der Waals surface area (Å²) in [7, 11) is 0. The summed E-state index contributed by atoms with van der Waals surface area (Å²) in [5, 5.41) is 0. The molecule has 5 heterocycles. The van der Waals surface area contributed by atoms with Crippen LogP contribution in [0.3, 0.4) is 0 Å². The Labute approximate surface area is 184 Å². The number of hydrogen-bond donors (Lipinski definition) is 0. The first-order valence-corrected chi connectivity index (χ1v) is 10.8. The van der Waals surface area contributed by atoms with Crippen LogP contribution in [-0.2, 0) is 24.1 Å². The number of nitrogens with zero attached hydrogens (tertiary/aromatic N) is 6. The van der Waals surface area contributed by atoms with Gasteiger partial charge >= 0.3 is 6.18 Å². The molecule has 3 aliphatic rings. The molecule has 2 aromatic rings. The molecule has 10 heteroatoms. The molecule has 3 aliphatic heterocycles. The lowest BCUT2D eigenvalue weighted by molar-refractivity contribution is -0.141. The number of fused-ring (bicyclic) bond motifs is 1. The fourth-order valence-electron chi connectivity index (χ4n) is 4.74. The highest BCUT2D eigenvalue weighted by Gasteiger charge is 2.43. The van der Waals surface area contributed by atoms with Crippen molar-refractivity contribution in [1.29, 1.82) is 0 Å². The lowest BCUT2D eigenvalue weighted by Crippen LogP contribution is -2.56. The molecule has 0 aromatic carbocycles. The van der Waals surface area contributed by atoms with Crippen LogP contribution in [0.25, 0.3) is 0 Å². The van der Waals surface area contributed by atoms with E-state index in [4.69, 9.17) is 0 Å². The number of carbonyl (C=O) groups is 1. The molecular formula is C22H25F3N6O. The molecule has 2 aromatic heterocycles. The molecule has 7 nitrogen and oxygen atoms in total. The molecule has 0 radical (unpaired) electrons. The van der Waals surface area contributed by atoms with E-state index in [1.807, 2.05) is 23.6 Å². The highest BCUT2D eigenvalue weighted by molar-refractivity contribution is 5.78. The summed E-state index contributed by atoms with van der Waals surface area (Å²) in [5.74, 6) is 1.72. The summed E-state index contributed by atoms with van der Waals surface area (Å²) in [6.07, 6.45) is -1.79. The van der Waals surface area contributed by atoms with Crippen LogP contribution in [0.5, 0.6) is 0 Å². The molecule has 0 saturated carbocycles. The Morgan fingerprint density at radius 2 is 1.91 bits per heavy atom. The van der Waals surface area contributed by atoms with E-state index in [2.05, 4.69) is 19.9 Å². The lowest BCUT2D eigenvalue weighted by atomic mass is 9.78. The zero-order chi connectivity index (χ0) is 22.7. The average Bonchev–Trinajstić information content (AvgIpc) is 3.08. The van der Waals surface area contributed by atoms with Crippen LogP contribution < -0.4 is 9.80 Å². The minimum Gasteiger partial charge on any atom is -0.370 e. The van der Waals surface area contributed by atoms with Gasteiger partial charge in [-0.3, -0.25) is 9.78 Å². The average molecular weight is 446 g/mol. The molecule has 2 saturated heterocycles. The van der Waals surface area contributed by atoms with E-state index in [0.29, 0.717) is 38.3 Å². The van der Waals surface area contributed by atoms with Crippen LogP contribution in [0.15, 0.2) is 18.3 Å². The van der Waals surface area contributed by atoms with Crippen molar-refractivity contribution in [2.24, 2.45) is 5.41 Å². The predicted molar refractivity (Wildman–Crippen MR) is 112 cm³/mol. The van der Waals surface area contributed by atoms with Crippen LogP contribution >= 0.6 is 0 Å². The van der Waals surface area contributed by atoms with Gasteiger partial charge in [-0.15, -0.1) is 0 Å². The Hall–Kier alpha value is -2.91. The van der Waals surface area contributed by atoms with Crippen molar-refractivity contribution in [3.05, 3.63) is 41.1 Å². The maximum absolute atomic E-state index is 13.1. The monoisotopic (exact) mass is 446 g/mol. The molecule has 0 aliphatic carbocycles. The Kier molecular flexibility index (Phi) is 4.79. The third-order valence-corrected chi connectivity index (χ3v) is 6.50. The minimum absolute atomic E-state index is 0.0445. The van der Waals surface area contributed by atoms with E-state index < -0.39 is 11.9 Å². The summed E-state index contributed by atoms with van der Waals surface area (Å²) in [6.45, 7) is 7.90. The van der Waals surface area contributed by atoms with Crippen LogP contribution in [-0.4, -0.2) is 51.9 Å². The molecular weight excluding hydrogens is 421 g/mol. The summed E-state index contributed by atoms with van der Waals surface area (Å²) < 4.78 is 38.8. The van der Waals surface area contributed by atoms with Gasteiger partial charge in [0, 0.05) is 55.5 Å². The largest absolute Gasteiger partial charge is 0.433 e. The van der Waals surface area contributed by atoms with Crippen molar-refractivity contribution in [3.8, 4) is 0 Å². The van der Waals surface area contributed by atoms with E-state index >= 15 is 0 Å². The fourth-order valence-corrected chi connectivity index (χ4v) is 4.74. The second kappa shape index (κ2) is 7.31. The Morgan fingerprint density at radius 3 is 2.56 bits per heavy atom. The van der Waals surface area contributed by atoms with E-state index in [1.165, 1.54) is 6.20 Å². The van der Waals surface area contributed by atoms with Gasteiger partial charge in [0.2, 0.25) is 5.91 Å². The molecule has 2 fully saturated rings. The Balaban J connectivity index is 1.23. The zero-order valence-electron chi connectivity index (χ0n) is 18.1. The number of amides is 1. The van der Waals surface area contributed by atoms with Gasteiger partial charge in [0.25, 0.3) is 0 Å². The molecule has 0 atom stereocenters. The summed E-state index contributed by atoms with van der Waals surface area (Å²) >= 11 is 0. The SMILES string of the molecule is Cc1nc2c(c(N3CCC3)n1)CN(C(=O)CC1(C)CN(c3ccnc(C(F)(F)F)c3)C1)C2. The van der Waals surface area contributed by atoms with E-state index in [9.17, 15) is 18.0 Å². The van der Waals surface area contributed by atoms with E-state index in [1.54, 1.807) is 6.07 Å². The van der Waals surface area contributed by atoms with Gasteiger partial charge in [-0.05, 0) is 25.5 Å². The smallest absolute Gasteiger partial charge is 0.370 e. The highest BCUT2D eigenvalue weighted by atomic mass is 19.4. The maximum Gasteiger partial charge on any atom is 0.433 e. The number of halogens is 3. The fraction of sp³-hybridized carbons (Fsp3) is 0.545. The van der Waals surface area contributed by atoms with Crippen molar-refractivity contribution in [1.82, 2.24) is 19.9 Å². The first-order valence-electron chi connectivity index (χ1n) is 10.8. The third-order valence-electron chi connectivity index (χ3n) is 6.50. The van der Waals surface area contributed by atoms with Gasteiger partial charge in [-0.2, -0.15) is 13.2 Å². The first-order chi connectivity index (χ1) is 15.1. The molecule has 0 N–H and O–H groups in total.